The highest BCUT2D eigenvalue weighted by atomic mass is 32.1. The first-order chi connectivity index (χ1) is 10.2. The molecule has 1 heterocycles. The highest BCUT2D eigenvalue weighted by Gasteiger charge is 2.08. The monoisotopic (exact) mass is 299 g/mol. The minimum atomic E-state index is -0.264. The molecule has 0 aliphatic heterocycles. The molecule has 0 unspecified atom stereocenters. The van der Waals surface area contributed by atoms with Gasteiger partial charge in [-0.05, 0) is 48.5 Å². The summed E-state index contributed by atoms with van der Waals surface area (Å²) in [6.07, 6.45) is 1.64. The lowest BCUT2D eigenvalue weighted by molar-refractivity contribution is 0.627. The molecule has 0 saturated heterocycles. The van der Waals surface area contributed by atoms with Crippen LogP contribution in [0, 0.1) is 10.6 Å². The van der Waals surface area contributed by atoms with E-state index in [4.69, 9.17) is 12.2 Å². The molecule has 0 fully saturated rings. The maximum absolute atomic E-state index is 13.0. The van der Waals surface area contributed by atoms with Crippen LogP contribution in [-0.4, -0.2) is 14.8 Å². The summed E-state index contributed by atoms with van der Waals surface area (Å²) in [6, 6.07) is 16.5. The van der Waals surface area contributed by atoms with E-state index in [2.05, 4.69) is 22.3 Å². The lowest BCUT2D eigenvalue weighted by Gasteiger charge is -2.07. The van der Waals surface area contributed by atoms with E-state index in [9.17, 15) is 4.39 Å². The number of hydrogen-bond acceptors (Lipinski definition) is 2. The Morgan fingerprint density at radius 2 is 1.71 bits per heavy atom. The van der Waals surface area contributed by atoms with Gasteiger partial charge < -0.3 is 0 Å². The minimum absolute atomic E-state index is 0.264. The van der Waals surface area contributed by atoms with Crippen LogP contribution in [0.2, 0.25) is 0 Å². The average Bonchev–Trinajstić information content (AvgIpc) is 2.88. The summed E-state index contributed by atoms with van der Waals surface area (Å²) >= 11 is 5.27. The molecule has 0 amide bonds. The van der Waals surface area contributed by atoms with Crippen molar-refractivity contribution in [1.29, 1.82) is 0 Å². The highest BCUT2D eigenvalue weighted by molar-refractivity contribution is 7.71. The lowest BCUT2D eigenvalue weighted by Crippen LogP contribution is -2.03. The van der Waals surface area contributed by atoms with Gasteiger partial charge in [-0.3, -0.25) is 9.67 Å². The zero-order valence-electron chi connectivity index (χ0n) is 11.3. The van der Waals surface area contributed by atoms with Gasteiger partial charge in [0.1, 0.15) is 11.6 Å². The Bertz CT molecular complexity index is 775. The molecule has 2 aromatic carbocycles. The Morgan fingerprint density at radius 3 is 2.43 bits per heavy atom. The molecular weight excluding hydrogens is 285 g/mol. The maximum Gasteiger partial charge on any atom is 0.199 e. The topological polar surface area (TPSA) is 33.6 Å². The van der Waals surface area contributed by atoms with Gasteiger partial charge in [0, 0.05) is 12.1 Å². The zero-order valence-corrected chi connectivity index (χ0v) is 12.1. The number of rotatable bonds is 4. The third kappa shape index (κ3) is 3.08. The molecule has 3 nitrogen and oxygen atoms in total. The SMILES string of the molecule is Fc1ccc(-n2c(CCc3ccccc3)n[nH]c2=S)cc1. The molecule has 5 heteroatoms. The van der Waals surface area contributed by atoms with Crippen LogP contribution in [0.5, 0.6) is 0 Å². The van der Waals surface area contributed by atoms with Gasteiger partial charge in [0.15, 0.2) is 4.77 Å². The maximum atomic E-state index is 13.0. The number of aryl methyl sites for hydroxylation is 2. The van der Waals surface area contributed by atoms with Crippen molar-refractivity contribution < 1.29 is 4.39 Å². The fraction of sp³-hybridized carbons (Fsp3) is 0.125. The van der Waals surface area contributed by atoms with E-state index in [1.165, 1.54) is 17.7 Å². The minimum Gasteiger partial charge on any atom is -0.272 e. The molecule has 1 aromatic heterocycles. The van der Waals surface area contributed by atoms with Gasteiger partial charge in [-0.15, -0.1) is 0 Å². The molecule has 0 aliphatic carbocycles. The van der Waals surface area contributed by atoms with Crippen LogP contribution >= 0.6 is 12.2 Å². The number of H-pyrrole nitrogens is 1. The molecule has 0 radical (unpaired) electrons. The molecule has 106 valence electrons. The van der Waals surface area contributed by atoms with Crippen molar-refractivity contribution >= 4 is 12.2 Å². The number of nitrogens with zero attached hydrogens (tertiary/aromatic N) is 2. The van der Waals surface area contributed by atoms with Gasteiger partial charge in [-0.2, -0.15) is 5.10 Å². The van der Waals surface area contributed by atoms with E-state index < -0.39 is 0 Å². The van der Waals surface area contributed by atoms with Crippen molar-refractivity contribution in [2.45, 2.75) is 12.8 Å². The Morgan fingerprint density at radius 1 is 1.00 bits per heavy atom. The number of nitrogens with one attached hydrogen (secondary N) is 1. The number of halogens is 1. The van der Waals surface area contributed by atoms with E-state index in [0.29, 0.717) is 4.77 Å². The van der Waals surface area contributed by atoms with E-state index >= 15 is 0 Å². The summed E-state index contributed by atoms with van der Waals surface area (Å²) < 4.78 is 15.4. The third-order valence-corrected chi connectivity index (χ3v) is 3.58. The molecular formula is C16H14FN3S. The smallest absolute Gasteiger partial charge is 0.199 e. The second kappa shape index (κ2) is 6.01. The van der Waals surface area contributed by atoms with Gasteiger partial charge in [0.05, 0.1) is 0 Å². The number of aromatic amines is 1. The van der Waals surface area contributed by atoms with Crippen molar-refractivity contribution in [3.8, 4) is 5.69 Å². The Kier molecular flexibility index (Phi) is 3.92. The van der Waals surface area contributed by atoms with Crippen molar-refractivity contribution in [2.24, 2.45) is 0 Å². The molecule has 21 heavy (non-hydrogen) atoms. The molecule has 0 aliphatic rings. The van der Waals surface area contributed by atoms with E-state index in [-0.39, 0.29) is 5.82 Å². The van der Waals surface area contributed by atoms with Crippen LogP contribution in [-0.2, 0) is 12.8 Å². The third-order valence-electron chi connectivity index (χ3n) is 3.31. The quantitative estimate of drug-likeness (QED) is 0.742. The second-order valence-corrected chi connectivity index (χ2v) is 5.13. The molecule has 1 N–H and O–H groups in total. The number of benzene rings is 2. The van der Waals surface area contributed by atoms with Gasteiger partial charge in [-0.25, -0.2) is 4.39 Å². The summed E-state index contributed by atoms with van der Waals surface area (Å²) in [5.74, 6) is 0.579. The van der Waals surface area contributed by atoms with Crippen molar-refractivity contribution in [3.63, 3.8) is 0 Å². The largest absolute Gasteiger partial charge is 0.272 e. The van der Waals surface area contributed by atoms with E-state index in [1.807, 2.05) is 22.8 Å². The molecule has 3 rings (SSSR count). The van der Waals surface area contributed by atoms with Gasteiger partial charge in [0.25, 0.3) is 0 Å². The van der Waals surface area contributed by atoms with E-state index in [1.54, 1.807) is 12.1 Å². The molecule has 0 bridgehead atoms. The predicted octanol–water partition coefficient (Wildman–Crippen LogP) is 3.85. The van der Waals surface area contributed by atoms with Crippen LogP contribution in [0.15, 0.2) is 54.6 Å². The van der Waals surface area contributed by atoms with Crippen LogP contribution in [0.25, 0.3) is 5.69 Å². The number of aromatic nitrogens is 3. The first-order valence-corrected chi connectivity index (χ1v) is 7.11. The summed E-state index contributed by atoms with van der Waals surface area (Å²) in [4.78, 5) is 0. The fourth-order valence-corrected chi connectivity index (χ4v) is 2.51. The standard InChI is InChI=1S/C16H14FN3S/c17-13-7-9-14(10-8-13)20-15(18-19-16(20)21)11-6-12-4-2-1-3-5-12/h1-5,7-10H,6,11H2,(H,19,21). The van der Waals surface area contributed by atoms with Crippen LogP contribution in [0.3, 0.4) is 0 Å². The molecule has 0 atom stereocenters. The molecule has 3 aromatic rings. The van der Waals surface area contributed by atoms with Crippen molar-refractivity contribution in [1.82, 2.24) is 14.8 Å². The van der Waals surface area contributed by atoms with Crippen molar-refractivity contribution in [2.75, 3.05) is 0 Å². The predicted molar refractivity (Wildman–Crippen MR) is 82.6 cm³/mol. The Hall–Kier alpha value is -2.27. The first kappa shape index (κ1) is 13.7. The van der Waals surface area contributed by atoms with Gasteiger partial charge in [0.2, 0.25) is 0 Å². The lowest BCUT2D eigenvalue weighted by atomic mass is 10.1. The van der Waals surface area contributed by atoms with Crippen LogP contribution in [0.1, 0.15) is 11.4 Å². The summed E-state index contributed by atoms with van der Waals surface area (Å²) in [6.45, 7) is 0. The summed E-state index contributed by atoms with van der Waals surface area (Å²) in [5, 5.41) is 7.09. The van der Waals surface area contributed by atoms with Crippen molar-refractivity contribution in [3.05, 3.63) is 76.6 Å². The first-order valence-electron chi connectivity index (χ1n) is 6.70. The summed E-state index contributed by atoms with van der Waals surface area (Å²) in [5.41, 5.74) is 2.07. The highest BCUT2D eigenvalue weighted by Crippen LogP contribution is 2.14. The number of hydrogen-bond donors (Lipinski definition) is 1. The average molecular weight is 299 g/mol. The molecule has 0 saturated carbocycles. The van der Waals surface area contributed by atoms with Gasteiger partial charge in [-0.1, -0.05) is 30.3 Å². The fourth-order valence-electron chi connectivity index (χ4n) is 2.25. The Labute approximate surface area is 127 Å². The second-order valence-electron chi connectivity index (χ2n) is 4.74. The van der Waals surface area contributed by atoms with Gasteiger partial charge >= 0.3 is 0 Å². The zero-order chi connectivity index (χ0) is 14.7. The van der Waals surface area contributed by atoms with Crippen LogP contribution in [0.4, 0.5) is 4.39 Å². The molecule has 0 spiro atoms. The summed E-state index contributed by atoms with van der Waals surface area (Å²) in [7, 11) is 0. The van der Waals surface area contributed by atoms with E-state index in [0.717, 1.165) is 24.4 Å². The van der Waals surface area contributed by atoms with Crippen LogP contribution < -0.4 is 0 Å². The normalized spacial score (nSPS) is 10.7. The Balaban J connectivity index is 1.87.